The van der Waals surface area contributed by atoms with Crippen LogP contribution in [0.5, 0.6) is 5.75 Å². The fraction of sp³-hybridized carbons (Fsp3) is 0.286. The van der Waals surface area contributed by atoms with E-state index in [0.29, 0.717) is 37.8 Å². The summed E-state index contributed by atoms with van der Waals surface area (Å²) in [5.41, 5.74) is 3.13. The van der Waals surface area contributed by atoms with Gasteiger partial charge in [-0.3, -0.25) is 14.2 Å². The van der Waals surface area contributed by atoms with Gasteiger partial charge >= 0.3 is 11.9 Å². The zero-order valence-electron chi connectivity index (χ0n) is 21.5. The summed E-state index contributed by atoms with van der Waals surface area (Å²) in [6.45, 7) is 9.29. The number of allylic oxidation sites excluding steroid dienone is 1. The fourth-order valence-electron chi connectivity index (χ4n) is 4.25. The highest BCUT2D eigenvalue weighted by molar-refractivity contribution is 14.1. The second-order valence-electron chi connectivity index (χ2n) is 9.02. The first kappa shape index (κ1) is 28.7. The lowest BCUT2D eigenvalue weighted by Gasteiger charge is -2.25. The van der Waals surface area contributed by atoms with Gasteiger partial charge in [0.1, 0.15) is 0 Å². The van der Waals surface area contributed by atoms with Crippen LogP contribution >= 0.6 is 56.5 Å². The minimum atomic E-state index is -0.683. The third kappa shape index (κ3) is 5.81. The summed E-state index contributed by atoms with van der Waals surface area (Å²) in [6.07, 6.45) is 1.72. The maximum atomic E-state index is 13.9. The van der Waals surface area contributed by atoms with Gasteiger partial charge in [-0.1, -0.05) is 49.4 Å². The molecule has 0 spiro atoms. The Balaban J connectivity index is 1.97. The molecule has 1 aromatic heterocycles. The van der Waals surface area contributed by atoms with E-state index in [1.807, 2.05) is 36.4 Å². The lowest BCUT2D eigenvalue weighted by molar-refractivity contribution is -0.139. The summed E-state index contributed by atoms with van der Waals surface area (Å²) in [5, 5.41) is 0. The number of benzene rings is 2. The fourth-order valence-corrected chi connectivity index (χ4v) is 7.29. The molecular weight excluding hydrogens is 730 g/mol. The second kappa shape index (κ2) is 11.8. The minimum Gasteiger partial charge on any atom is -0.463 e. The first-order chi connectivity index (χ1) is 18.0. The number of fused-ring (bicyclic) bond motifs is 1. The van der Waals surface area contributed by atoms with Crippen LogP contribution in [0.3, 0.4) is 0 Å². The minimum absolute atomic E-state index is 0.212. The summed E-state index contributed by atoms with van der Waals surface area (Å²) < 4.78 is 14.5. The van der Waals surface area contributed by atoms with Gasteiger partial charge in [-0.15, -0.1) is 0 Å². The molecule has 4 rings (SSSR count). The molecule has 0 fully saturated rings. The molecule has 198 valence electrons. The van der Waals surface area contributed by atoms with Gasteiger partial charge in [-0.05, 0) is 94.3 Å². The van der Waals surface area contributed by atoms with Crippen LogP contribution in [0.1, 0.15) is 63.3 Å². The number of nitrogens with zero attached hydrogens (tertiary/aromatic N) is 2. The molecule has 0 aliphatic carbocycles. The third-order valence-electron chi connectivity index (χ3n) is 6.01. The lowest BCUT2D eigenvalue weighted by Crippen LogP contribution is -2.40. The summed E-state index contributed by atoms with van der Waals surface area (Å²) in [5.74, 6) is -0.200. The molecular formula is C28H26I2N2O5S. The number of halogens is 2. The first-order valence-electron chi connectivity index (χ1n) is 12.0. The first-order valence-corrected chi connectivity index (χ1v) is 15.0. The Morgan fingerprint density at radius 2 is 1.87 bits per heavy atom. The molecule has 38 heavy (non-hydrogen) atoms. The Morgan fingerprint density at radius 1 is 1.18 bits per heavy atom. The topological polar surface area (TPSA) is 87.0 Å². The molecule has 0 saturated heterocycles. The van der Waals surface area contributed by atoms with E-state index in [1.54, 1.807) is 24.5 Å². The molecule has 7 nitrogen and oxygen atoms in total. The number of thiazole rings is 1. The number of ether oxygens (including phenoxy) is 2. The van der Waals surface area contributed by atoms with Crippen molar-refractivity contribution in [1.29, 1.82) is 0 Å². The van der Waals surface area contributed by atoms with Crippen LogP contribution in [0.4, 0.5) is 0 Å². The lowest BCUT2D eigenvalue weighted by atomic mass is 9.93. The number of hydrogen-bond acceptors (Lipinski definition) is 7. The number of esters is 2. The molecule has 10 heteroatoms. The van der Waals surface area contributed by atoms with Crippen molar-refractivity contribution in [3.8, 4) is 5.75 Å². The molecule has 2 heterocycles. The molecule has 0 bridgehead atoms. The zero-order valence-corrected chi connectivity index (χ0v) is 26.6. The van der Waals surface area contributed by atoms with Crippen molar-refractivity contribution in [3.63, 3.8) is 0 Å². The Kier molecular flexibility index (Phi) is 8.92. The highest BCUT2D eigenvalue weighted by Crippen LogP contribution is 2.32. The van der Waals surface area contributed by atoms with Crippen LogP contribution in [0.25, 0.3) is 6.08 Å². The molecule has 1 atom stereocenters. The van der Waals surface area contributed by atoms with Gasteiger partial charge in [0, 0.05) is 16.1 Å². The molecule has 0 amide bonds. The van der Waals surface area contributed by atoms with E-state index in [4.69, 9.17) is 9.47 Å². The Labute approximate surface area is 251 Å². The number of hydrogen-bond donors (Lipinski definition) is 0. The van der Waals surface area contributed by atoms with Crippen LogP contribution in [-0.4, -0.2) is 23.1 Å². The predicted molar refractivity (Wildman–Crippen MR) is 164 cm³/mol. The van der Waals surface area contributed by atoms with Gasteiger partial charge in [-0.25, -0.2) is 9.79 Å². The molecule has 1 aliphatic heterocycles. The van der Waals surface area contributed by atoms with E-state index in [1.165, 1.54) is 18.3 Å². The van der Waals surface area contributed by atoms with Crippen LogP contribution in [0.15, 0.2) is 57.5 Å². The van der Waals surface area contributed by atoms with E-state index < -0.39 is 18.0 Å². The summed E-state index contributed by atoms with van der Waals surface area (Å²) in [7, 11) is 0. The average molecular weight is 756 g/mol. The van der Waals surface area contributed by atoms with Crippen LogP contribution in [0, 0.1) is 7.14 Å². The van der Waals surface area contributed by atoms with Crippen molar-refractivity contribution >= 4 is 74.5 Å². The SMILES string of the molecule is CCOC(=O)C1=C(C)N=c2s/c(=C\c3cc(I)cc(I)c3OC(C)=O)c(=O)n2[C@H]1c1ccc(C(C)C)cc1. The summed E-state index contributed by atoms with van der Waals surface area (Å²) >= 11 is 5.53. The molecule has 2 aromatic carbocycles. The molecule has 0 radical (unpaired) electrons. The van der Waals surface area contributed by atoms with E-state index in [0.717, 1.165) is 18.3 Å². The van der Waals surface area contributed by atoms with Crippen molar-refractivity contribution < 1.29 is 19.1 Å². The second-order valence-corrected chi connectivity index (χ2v) is 12.4. The van der Waals surface area contributed by atoms with Crippen molar-refractivity contribution in [2.45, 2.75) is 46.6 Å². The van der Waals surface area contributed by atoms with Gasteiger partial charge in [0.2, 0.25) is 0 Å². The van der Waals surface area contributed by atoms with E-state index in [-0.39, 0.29) is 12.2 Å². The largest absolute Gasteiger partial charge is 0.463 e. The van der Waals surface area contributed by atoms with Crippen molar-refractivity contribution in [1.82, 2.24) is 4.57 Å². The Morgan fingerprint density at radius 3 is 2.47 bits per heavy atom. The van der Waals surface area contributed by atoms with Crippen molar-refractivity contribution in [3.05, 3.63) is 91.2 Å². The maximum absolute atomic E-state index is 13.9. The predicted octanol–water partition coefficient (Wildman–Crippen LogP) is 5.06. The monoisotopic (exact) mass is 756 g/mol. The van der Waals surface area contributed by atoms with Crippen molar-refractivity contribution in [2.75, 3.05) is 6.61 Å². The number of aromatic nitrogens is 1. The van der Waals surface area contributed by atoms with Gasteiger partial charge in [0.15, 0.2) is 10.6 Å². The smallest absolute Gasteiger partial charge is 0.338 e. The number of carbonyl (C=O) groups excluding carboxylic acids is 2. The van der Waals surface area contributed by atoms with Gasteiger partial charge in [0.25, 0.3) is 5.56 Å². The Hall–Kier alpha value is -2.32. The van der Waals surface area contributed by atoms with Crippen LogP contribution in [-0.2, 0) is 14.3 Å². The molecule has 1 aliphatic rings. The standard InChI is InChI=1S/C28H26I2N2O5S/c1-6-36-27(35)23-15(4)31-28-32(24(23)18-9-7-17(8-10-18)14(2)3)26(34)22(38-28)12-19-11-20(29)13-21(30)25(19)37-16(5)33/h7-14,24H,6H2,1-5H3/b22-12-/t24-/m0/s1. The maximum Gasteiger partial charge on any atom is 0.338 e. The zero-order chi connectivity index (χ0) is 27.7. The quantitative estimate of drug-likeness (QED) is 0.200. The van der Waals surface area contributed by atoms with E-state index >= 15 is 0 Å². The van der Waals surface area contributed by atoms with Gasteiger partial charge < -0.3 is 9.47 Å². The number of carbonyl (C=O) groups is 2. The molecule has 0 saturated carbocycles. The van der Waals surface area contributed by atoms with Gasteiger partial charge in [0.05, 0.1) is 32.0 Å². The average Bonchev–Trinajstić information content (AvgIpc) is 3.14. The third-order valence-corrected chi connectivity index (χ3v) is 8.41. The molecule has 0 unspecified atom stereocenters. The van der Waals surface area contributed by atoms with E-state index in [9.17, 15) is 14.4 Å². The normalized spacial score (nSPS) is 15.4. The number of rotatable bonds is 6. The van der Waals surface area contributed by atoms with Gasteiger partial charge in [-0.2, -0.15) is 0 Å². The summed E-state index contributed by atoms with van der Waals surface area (Å²) in [4.78, 5) is 43.9. The van der Waals surface area contributed by atoms with Crippen LogP contribution in [0.2, 0.25) is 0 Å². The Bertz CT molecular complexity index is 1630. The highest BCUT2D eigenvalue weighted by Gasteiger charge is 2.33. The van der Waals surface area contributed by atoms with Crippen LogP contribution < -0.4 is 19.6 Å². The van der Waals surface area contributed by atoms with E-state index in [2.05, 4.69) is 64.0 Å². The molecule has 0 N–H and O–H groups in total. The van der Waals surface area contributed by atoms with Crippen molar-refractivity contribution in [2.24, 2.45) is 4.99 Å². The highest BCUT2D eigenvalue weighted by atomic mass is 127. The summed E-state index contributed by atoms with van der Waals surface area (Å²) in [6, 6.07) is 11.0. The molecule has 3 aromatic rings.